The van der Waals surface area contributed by atoms with Crippen molar-refractivity contribution in [1.82, 2.24) is 0 Å². The Morgan fingerprint density at radius 3 is 2.77 bits per heavy atom. The van der Waals surface area contributed by atoms with Gasteiger partial charge in [0.15, 0.2) is 0 Å². The molecule has 4 heteroatoms. The highest BCUT2D eigenvalue weighted by Gasteiger charge is 2.12. The fourth-order valence-electron chi connectivity index (χ4n) is 1.04. The van der Waals surface area contributed by atoms with Gasteiger partial charge in [-0.05, 0) is 28.4 Å². The lowest BCUT2D eigenvalue weighted by Crippen LogP contribution is -1.84. The predicted molar refractivity (Wildman–Crippen MR) is 68.2 cm³/mol. The van der Waals surface area contributed by atoms with E-state index in [2.05, 4.69) is 38.8 Å². The van der Waals surface area contributed by atoms with Gasteiger partial charge >= 0.3 is 0 Å². The van der Waals surface area contributed by atoms with Gasteiger partial charge in [-0.3, -0.25) is 0 Å². The van der Waals surface area contributed by atoms with Crippen molar-refractivity contribution in [2.75, 3.05) is 0 Å². The van der Waals surface area contributed by atoms with E-state index in [1.54, 1.807) is 11.3 Å². The fourth-order valence-corrected chi connectivity index (χ4v) is 3.54. The maximum atomic E-state index is 5.95. The molecule has 0 spiro atoms. The second-order valence-corrected chi connectivity index (χ2v) is 6.79. The summed E-state index contributed by atoms with van der Waals surface area (Å²) in [5, 5.41) is 0.820. The Balaban J connectivity index is 2.60. The Morgan fingerprint density at radius 1 is 1.62 bits per heavy atom. The highest BCUT2D eigenvalue weighted by atomic mass is 79.9. The van der Waals surface area contributed by atoms with Gasteiger partial charge in [0.2, 0.25) is 0 Å². The molecule has 0 fully saturated rings. The molecule has 0 saturated heterocycles. The van der Waals surface area contributed by atoms with Gasteiger partial charge < -0.3 is 0 Å². The van der Waals surface area contributed by atoms with Gasteiger partial charge in [-0.15, -0.1) is 11.3 Å². The Labute approximate surface area is 105 Å². The normalized spacial score (nSPS) is 13.2. The molecule has 0 N–H and O–H groups in total. The molecule has 1 atom stereocenters. The van der Waals surface area contributed by atoms with E-state index in [1.165, 1.54) is 24.1 Å². The van der Waals surface area contributed by atoms with Crippen molar-refractivity contribution in [1.29, 1.82) is 0 Å². The highest BCUT2D eigenvalue weighted by Crippen LogP contribution is 2.40. The molecule has 0 aromatic carbocycles. The minimum atomic E-state index is 0.459. The third-order valence-corrected chi connectivity index (χ3v) is 5.63. The Bertz CT molecular complexity index is 253. The zero-order chi connectivity index (χ0) is 9.84. The van der Waals surface area contributed by atoms with Crippen molar-refractivity contribution < 1.29 is 0 Å². The summed E-state index contributed by atoms with van der Waals surface area (Å²) in [7, 11) is 0. The molecule has 0 aliphatic rings. The van der Waals surface area contributed by atoms with Crippen molar-refractivity contribution in [2.24, 2.45) is 0 Å². The first-order valence-corrected chi connectivity index (χ1v) is 7.14. The standard InChI is InChI=1S/C9H11Br2ClS/c1-2-3-4-6(10)8-5-7(12)9(11)13-8/h5-6H,2-4H2,1H3. The average molecular weight is 347 g/mol. The Hall–Kier alpha value is 0.950. The van der Waals surface area contributed by atoms with Gasteiger partial charge in [0.05, 0.1) is 8.81 Å². The van der Waals surface area contributed by atoms with Crippen LogP contribution in [-0.4, -0.2) is 0 Å². The van der Waals surface area contributed by atoms with Crippen LogP contribution >= 0.6 is 54.8 Å². The number of rotatable bonds is 4. The molecule has 0 bridgehead atoms. The summed E-state index contributed by atoms with van der Waals surface area (Å²) in [6.45, 7) is 2.21. The van der Waals surface area contributed by atoms with E-state index in [0.29, 0.717) is 4.83 Å². The molecule has 1 aromatic heterocycles. The second-order valence-electron chi connectivity index (χ2n) is 2.88. The van der Waals surface area contributed by atoms with Gasteiger partial charge in [0.1, 0.15) is 0 Å². The quantitative estimate of drug-likeness (QED) is 0.605. The second kappa shape index (κ2) is 5.74. The topological polar surface area (TPSA) is 0 Å². The first-order valence-electron chi connectivity index (χ1n) is 4.24. The first-order chi connectivity index (χ1) is 6.15. The molecular formula is C9H11Br2ClS. The Morgan fingerprint density at radius 2 is 2.31 bits per heavy atom. The van der Waals surface area contributed by atoms with Gasteiger partial charge in [-0.2, -0.15) is 0 Å². The van der Waals surface area contributed by atoms with Crippen LogP contribution in [0.1, 0.15) is 35.9 Å². The van der Waals surface area contributed by atoms with Gasteiger partial charge in [-0.1, -0.05) is 47.3 Å². The van der Waals surface area contributed by atoms with Crippen LogP contribution in [0.3, 0.4) is 0 Å². The lowest BCUT2D eigenvalue weighted by atomic mass is 10.2. The molecule has 0 saturated carbocycles. The average Bonchev–Trinajstić information content (AvgIpc) is 2.43. The molecule has 0 aliphatic heterocycles. The molecule has 1 rings (SSSR count). The van der Waals surface area contributed by atoms with Crippen LogP contribution in [0.2, 0.25) is 5.02 Å². The van der Waals surface area contributed by atoms with E-state index < -0.39 is 0 Å². The molecule has 1 unspecified atom stereocenters. The summed E-state index contributed by atoms with van der Waals surface area (Å²) in [5.41, 5.74) is 0. The zero-order valence-electron chi connectivity index (χ0n) is 7.32. The van der Waals surface area contributed by atoms with Crippen LogP contribution in [-0.2, 0) is 0 Å². The number of hydrogen-bond donors (Lipinski definition) is 0. The Kier molecular flexibility index (Phi) is 5.31. The predicted octanol–water partition coefficient (Wildman–Crippen LogP) is 5.79. The van der Waals surface area contributed by atoms with Crippen molar-refractivity contribution in [3.63, 3.8) is 0 Å². The number of unbranched alkanes of at least 4 members (excludes halogenated alkanes) is 1. The van der Waals surface area contributed by atoms with Crippen LogP contribution in [0.5, 0.6) is 0 Å². The summed E-state index contributed by atoms with van der Waals surface area (Å²) in [6.07, 6.45) is 3.67. The first kappa shape index (κ1) is 12.0. The lowest BCUT2D eigenvalue weighted by molar-refractivity contribution is 0.718. The minimum absolute atomic E-state index is 0.459. The summed E-state index contributed by atoms with van der Waals surface area (Å²) in [4.78, 5) is 1.77. The molecule has 74 valence electrons. The maximum absolute atomic E-state index is 5.95. The van der Waals surface area contributed by atoms with E-state index in [-0.39, 0.29) is 0 Å². The van der Waals surface area contributed by atoms with Gasteiger partial charge in [0, 0.05) is 9.70 Å². The third kappa shape index (κ3) is 3.54. The van der Waals surface area contributed by atoms with Crippen LogP contribution in [0.4, 0.5) is 0 Å². The molecule has 0 aliphatic carbocycles. The summed E-state index contributed by atoms with van der Waals surface area (Å²) in [5.74, 6) is 0. The summed E-state index contributed by atoms with van der Waals surface area (Å²) < 4.78 is 1.03. The van der Waals surface area contributed by atoms with E-state index in [4.69, 9.17) is 11.6 Å². The molecule has 0 radical (unpaired) electrons. The molecular weight excluding hydrogens is 335 g/mol. The lowest BCUT2D eigenvalue weighted by Gasteiger charge is -2.04. The number of halogens is 3. The molecule has 13 heavy (non-hydrogen) atoms. The minimum Gasteiger partial charge on any atom is -0.130 e. The van der Waals surface area contributed by atoms with Gasteiger partial charge in [-0.25, -0.2) is 0 Å². The SMILES string of the molecule is CCCCC(Br)c1cc(Cl)c(Br)s1. The van der Waals surface area contributed by atoms with Gasteiger partial charge in [0.25, 0.3) is 0 Å². The summed E-state index contributed by atoms with van der Waals surface area (Å²) in [6, 6.07) is 2.03. The van der Waals surface area contributed by atoms with Crippen molar-refractivity contribution in [3.8, 4) is 0 Å². The van der Waals surface area contributed by atoms with Crippen molar-refractivity contribution in [2.45, 2.75) is 31.0 Å². The van der Waals surface area contributed by atoms with Crippen molar-refractivity contribution >= 4 is 54.8 Å². The summed E-state index contributed by atoms with van der Waals surface area (Å²) >= 11 is 14.7. The van der Waals surface area contributed by atoms with E-state index in [0.717, 1.165) is 8.81 Å². The van der Waals surface area contributed by atoms with Crippen LogP contribution in [0, 0.1) is 0 Å². The molecule has 0 amide bonds. The maximum Gasteiger partial charge on any atom is 0.0887 e. The fraction of sp³-hybridized carbons (Fsp3) is 0.556. The largest absolute Gasteiger partial charge is 0.130 e. The van der Waals surface area contributed by atoms with E-state index >= 15 is 0 Å². The highest BCUT2D eigenvalue weighted by molar-refractivity contribution is 9.11. The number of hydrogen-bond acceptors (Lipinski definition) is 1. The molecule has 0 nitrogen and oxygen atoms in total. The van der Waals surface area contributed by atoms with Crippen LogP contribution in [0.15, 0.2) is 9.85 Å². The molecule has 1 heterocycles. The molecule has 1 aromatic rings. The smallest absolute Gasteiger partial charge is 0.0887 e. The van der Waals surface area contributed by atoms with E-state index in [9.17, 15) is 0 Å². The number of thiophene rings is 1. The van der Waals surface area contributed by atoms with Crippen LogP contribution in [0.25, 0.3) is 0 Å². The zero-order valence-corrected chi connectivity index (χ0v) is 12.1. The number of alkyl halides is 1. The van der Waals surface area contributed by atoms with Crippen molar-refractivity contribution in [3.05, 3.63) is 19.8 Å². The van der Waals surface area contributed by atoms with E-state index in [1.807, 2.05) is 6.07 Å². The van der Waals surface area contributed by atoms with Crippen LogP contribution < -0.4 is 0 Å². The third-order valence-electron chi connectivity index (χ3n) is 1.78. The monoisotopic (exact) mass is 344 g/mol.